The number of aryl methyl sites for hydroxylation is 2. The van der Waals surface area contributed by atoms with E-state index >= 15 is 0 Å². The molecule has 0 amide bonds. The molecule has 0 fully saturated rings. The van der Waals surface area contributed by atoms with E-state index in [1.165, 1.54) is 12.1 Å². The number of ether oxygens (including phenoxy) is 1. The number of halogens is 3. The fourth-order valence-electron chi connectivity index (χ4n) is 2.69. The normalized spacial score (nSPS) is 11.0. The first-order valence-electron chi connectivity index (χ1n) is 8.10. The fraction of sp³-hybridized carbons (Fsp3) is 0.200. The van der Waals surface area contributed by atoms with E-state index in [1.807, 2.05) is 37.5 Å². The molecule has 138 valence electrons. The fourth-order valence-corrected chi connectivity index (χ4v) is 2.69. The van der Waals surface area contributed by atoms with Crippen LogP contribution in [-0.4, -0.2) is 20.9 Å². The molecule has 0 saturated carbocycles. The number of hydrogen-bond acceptors (Lipinski definition) is 3. The molecule has 0 N–H and O–H groups in total. The Kier molecular flexibility index (Phi) is 4.91. The number of benzene rings is 1. The number of pyridine rings is 1. The molecule has 0 atom stereocenters. The maximum Gasteiger partial charge on any atom is 0.573 e. The number of alkyl halides is 3. The van der Waals surface area contributed by atoms with Crippen LogP contribution in [0.25, 0.3) is 5.69 Å². The summed E-state index contributed by atoms with van der Waals surface area (Å²) in [6.07, 6.45) is -3.02. The Balaban J connectivity index is 1.90. The molecule has 1 aromatic carbocycles. The highest BCUT2D eigenvalue weighted by Gasteiger charge is 2.31. The molecular weight excluding hydrogens is 355 g/mol. The smallest absolute Gasteiger partial charge is 0.406 e. The van der Waals surface area contributed by atoms with Gasteiger partial charge in [0, 0.05) is 23.1 Å². The van der Waals surface area contributed by atoms with Gasteiger partial charge in [0.05, 0.1) is 5.69 Å². The summed E-state index contributed by atoms with van der Waals surface area (Å²) in [4.78, 5) is 8.60. The molecule has 0 aliphatic carbocycles. The molecule has 0 unspecified atom stereocenters. The van der Waals surface area contributed by atoms with Gasteiger partial charge in [0.1, 0.15) is 17.3 Å². The largest absolute Gasteiger partial charge is 0.573 e. The van der Waals surface area contributed by atoms with Gasteiger partial charge in [-0.3, -0.25) is 9.55 Å². The summed E-state index contributed by atoms with van der Waals surface area (Å²) in [5.74, 6) is 6.52. The predicted octanol–water partition coefficient (Wildman–Crippen LogP) is 4.49. The molecule has 0 saturated heterocycles. The number of imidazole rings is 1. The van der Waals surface area contributed by atoms with Crippen LogP contribution < -0.4 is 4.74 Å². The summed E-state index contributed by atoms with van der Waals surface area (Å²) in [5.41, 5.74) is 3.80. The molecule has 0 aliphatic heterocycles. The first-order chi connectivity index (χ1) is 12.7. The van der Waals surface area contributed by atoms with Crippen molar-refractivity contribution in [2.24, 2.45) is 0 Å². The molecule has 2 aromatic heterocycles. The summed E-state index contributed by atoms with van der Waals surface area (Å²) >= 11 is 0. The van der Waals surface area contributed by atoms with Gasteiger partial charge in [0.2, 0.25) is 0 Å². The van der Waals surface area contributed by atoms with Gasteiger partial charge in [-0.15, -0.1) is 13.2 Å². The summed E-state index contributed by atoms with van der Waals surface area (Å²) in [7, 11) is 0. The molecule has 0 radical (unpaired) electrons. The maximum absolute atomic E-state index is 12.3. The Morgan fingerprint density at radius 2 is 1.70 bits per heavy atom. The minimum Gasteiger partial charge on any atom is -0.406 e. The molecule has 7 heteroatoms. The third kappa shape index (κ3) is 4.47. The lowest BCUT2D eigenvalue weighted by molar-refractivity contribution is -0.274. The van der Waals surface area contributed by atoms with Crippen molar-refractivity contribution in [3.8, 4) is 23.3 Å². The summed E-state index contributed by atoms with van der Waals surface area (Å²) < 4.78 is 42.6. The Bertz CT molecular complexity index is 1030. The second kappa shape index (κ2) is 7.16. The Hall–Kier alpha value is -3.27. The molecule has 27 heavy (non-hydrogen) atoms. The molecule has 0 aliphatic rings. The number of nitrogens with zero attached hydrogens (tertiary/aromatic N) is 3. The van der Waals surface area contributed by atoms with E-state index in [0.29, 0.717) is 17.2 Å². The third-order valence-electron chi connectivity index (χ3n) is 3.83. The molecule has 3 aromatic rings. The van der Waals surface area contributed by atoms with Gasteiger partial charge in [0.15, 0.2) is 0 Å². The standard InChI is InChI=1S/C20H16F3N3O/c1-13-12-16(10-11-24-13)4-9-19-14(2)26(15(3)25-19)17-5-7-18(8-6-17)27-20(21,22)23/h5-8,10-12H,1-3H3. The monoisotopic (exact) mass is 371 g/mol. The number of rotatable bonds is 2. The van der Waals surface area contributed by atoms with Crippen molar-refractivity contribution in [3.63, 3.8) is 0 Å². The van der Waals surface area contributed by atoms with E-state index in [-0.39, 0.29) is 5.75 Å². The van der Waals surface area contributed by atoms with Crippen LogP contribution in [0.15, 0.2) is 42.6 Å². The Morgan fingerprint density at radius 3 is 2.33 bits per heavy atom. The molecule has 2 heterocycles. The zero-order chi connectivity index (χ0) is 19.6. The van der Waals surface area contributed by atoms with Gasteiger partial charge >= 0.3 is 6.36 Å². The van der Waals surface area contributed by atoms with E-state index in [9.17, 15) is 13.2 Å². The lowest BCUT2D eigenvalue weighted by atomic mass is 10.2. The lowest BCUT2D eigenvalue weighted by Crippen LogP contribution is -2.17. The van der Waals surface area contributed by atoms with Crippen molar-refractivity contribution < 1.29 is 17.9 Å². The summed E-state index contributed by atoms with van der Waals surface area (Å²) in [5, 5.41) is 0. The van der Waals surface area contributed by atoms with Gasteiger partial charge in [-0.05, 0) is 63.1 Å². The number of aromatic nitrogens is 3. The van der Waals surface area contributed by atoms with Crippen LogP contribution in [0.4, 0.5) is 13.2 Å². The van der Waals surface area contributed by atoms with Crippen molar-refractivity contribution in [1.82, 2.24) is 14.5 Å². The van der Waals surface area contributed by atoms with Crippen LogP contribution >= 0.6 is 0 Å². The Morgan fingerprint density at radius 1 is 1.00 bits per heavy atom. The van der Waals surface area contributed by atoms with Crippen molar-refractivity contribution in [1.29, 1.82) is 0 Å². The van der Waals surface area contributed by atoms with E-state index < -0.39 is 6.36 Å². The highest BCUT2D eigenvalue weighted by atomic mass is 19.4. The van der Waals surface area contributed by atoms with Crippen LogP contribution in [0, 0.1) is 32.6 Å². The van der Waals surface area contributed by atoms with Crippen molar-refractivity contribution in [2.75, 3.05) is 0 Å². The highest BCUT2D eigenvalue weighted by molar-refractivity contribution is 5.46. The SMILES string of the molecule is Cc1cc(C#Cc2nc(C)n(-c3ccc(OC(F)(F)F)cc3)c2C)ccn1. The maximum atomic E-state index is 12.3. The molecular formula is C20H16F3N3O. The zero-order valence-corrected chi connectivity index (χ0v) is 14.9. The van der Waals surface area contributed by atoms with E-state index in [0.717, 1.165) is 17.0 Å². The zero-order valence-electron chi connectivity index (χ0n) is 14.9. The van der Waals surface area contributed by atoms with Crippen molar-refractivity contribution >= 4 is 0 Å². The number of hydrogen-bond donors (Lipinski definition) is 0. The van der Waals surface area contributed by atoms with Gasteiger partial charge in [-0.25, -0.2) is 4.98 Å². The quantitative estimate of drug-likeness (QED) is 0.623. The first-order valence-corrected chi connectivity index (χ1v) is 8.10. The van der Waals surface area contributed by atoms with Crippen molar-refractivity contribution in [2.45, 2.75) is 27.1 Å². The first kappa shape index (κ1) is 18.5. The molecule has 0 spiro atoms. The van der Waals surface area contributed by atoms with E-state index in [4.69, 9.17) is 0 Å². The molecule has 3 rings (SSSR count). The van der Waals surface area contributed by atoms with Crippen LogP contribution in [0.2, 0.25) is 0 Å². The average Bonchev–Trinajstić information content (AvgIpc) is 2.86. The van der Waals surface area contributed by atoms with Gasteiger partial charge < -0.3 is 4.74 Å². The second-order valence-electron chi connectivity index (χ2n) is 5.91. The predicted molar refractivity (Wildman–Crippen MR) is 94.7 cm³/mol. The van der Waals surface area contributed by atoms with Gasteiger partial charge in [-0.1, -0.05) is 5.92 Å². The van der Waals surface area contributed by atoms with Crippen LogP contribution in [-0.2, 0) is 0 Å². The minimum atomic E-state index is -4.71. The van der Waals surface area contributed by atoms with E-state index in [1.54, 1.807) is 18.3 Å². The summed E-state index contributed by atoms with van der Waals surface area (Å²) in [6, 6.07) is 9.34. The lowest BCUT2D eigenvalue weighted by Gasteiger charge is -2.11. The van der Waals surface area contributed by atoms with Crippen LogP contribution in [0.3, 0.4) is 0 Å². The topological polar surface area (TPSA) is 39.9 Å². The van der Waals surface area contributed by atoms with Gasteiger partial charge in [-0.2, -0.15) is 0 Å². The Labute approximate surface area is 154 Å². The van der Waals surface area contributed by atoms with Gasteiger partial charge in [0.25, 0.3) is 0 Å². The average molecular weight is 371 g/mol. The summed E-state index contributed by atoms with van der Waals surface area (Å²) in [6.45, 7) is 5.57. The second-order valence-corrected chi connectivity index (χ2v) is 5.91. The van der Waals surface area contributed by atoms with Crippen LogP contribution in [0.5, 0.6) is 5.75 Å². The van der Waals surface area contributed by atoms with Crippen molar-refractivity contribution in [3.05, 3.63) is 71.1 Å². The molecule has 4 nitrogen and oxygen atoms in total. The van der Waals surface area contributed by atoms with Crippen LogP contribution in [0.1, 0.15) is 28.5 Å². The van der Waals surface area contributed by atoms with E-state index in [2.05, 4.69) is 26.5 Å². The minimum absolute atomic E-state index is 0.269. The molecule has 0 bridgehead atoms. The highest BCUT2D eigenvalue weighted by Crippen LogP contribution is 2.25. The third-order valence-corrected chi connectivity index (χ3v) is 3.83.